The zero-order chi connectivity index (χ0) is 11.4. The topological polar surface area (TPSA) is 48.4 Å². The molecule has 2 aromatic rings. The SMILES string of the molecule is CC(N)C(Oc1ccccc1)c1ccco1. The van der Waals surface area contributed by atoms with E-state index in [1.165, 1.54) is 0 Å². The summed E-state index contributed by atoms with van der Waals surface area (Å²) in [6.45, 7) is 1.90. The van der Waals surface area contributed by atoms with Gasteiger partial charge in [-0.2, -0.15) is 0 Å². The Bertz CT molecular complexity index is 409. The van der Waals surface area contributed by atoms with E-state index in [0.717, 1.165) is 11.5 Å². The van der Waals surface area contributed by atoms with Crippen molar-refractivity contribution in [3.05, 3.63) is 54.5 Å². The molecule has 0 radical (unpaired) electrons. The molecule has 0 amide bonds. The van der Waals surface area contributed by atoms with Gasteiger partial charge in [0.25, 0.3) is 0 Å². The normalized spacial score (nSPS) is 14.4. The maximum Gasteiger partial charge on any atom is 0.171 e. The number of rotatable bonds is 4. The minimum absolute atomic E-state index is 0.133. The summed E-state index contributed by atoms with van der Waals surface area (Å²) in [5.41, 5.74) is 5.89. The van der Waals surface area contributed by atoms with Crippen LogP contribution in [0, 0.1) is 0 Å². The minimum Gasteiger partial charge on any atom is -0.481 e. The first-order valence-corrected chi connectivity index (χ1v) is 5.28. The van der Waals surface area contributed by atoms with Gasteiger partial charge in [0.15, 0.2) is 6.10 Å². The van der Waals surface area contributed by atoms with Gasteiger partial charge in [-0.3, -0.25) is 0 Å². The highest BCUT2D eigenvalue weighted by atomic mass is 16.5. The van der Waals surface area contributed by atoms with Crippen molar-refractivity contribution < 1.29 is 9.15 Å². The fourth-order valence-electron chi connectivity index (χ4n) is 1.52. The Morgan fingerprint density at radius 1 is 1.12 bits per heavy atom. The van der Waals surface area contributed by atoms with Crippen LogP contribution < -0.4 is 10.5 Å². The van der Waals surface area contributed by atoms with E-state index < -0.39 is 0 Å². The molecule has 0 aliphatic heterocycles. The molecule has 0 fully saturated rings. The molecule has 1 aromatic carbocycles. The number of hydrogen-bond acceptors (Lipinski definition) is 3. The molecule has 3 nitrogen and oxygen atoms in total. The molecule has 0 bridgehead atoms. The highest BCUT2D eigenvalue weighted by molar-refractivity contribution is 5.22. The Morgan fingerprint density at radius 2 is 1.88 bits per heavy atom. The Kier molecular flexibility index (Phi) is 3.27. The van der Waals surface area contributed by atoms with Gasteiger partial charge in [-0.25, -0.2) is 0 Å². The molecule has 2 atom stereocenters. The van der Waals surface area contributed by atoms with Crippen molar-refractivity contribution in [3.8, 4) is 5.75 Å². The zero-order valence-electron chi connectivity index (χ0n) is 9.17. The average Bonchev–Trinajstić information content (AvgIpc) is 2.80. The lowest BCUT2D eigenvalue weighted by Gasteiger charge is -2.20. The third-order valence-electron chi connectivity index (χ3n) is 2.31. The van der Waals surface area contributed by atoms with E-state index in [1.807, 2.05) is 49.4 Å². The lowest BCUT2D eigenvalue weighted by molar-refractivity contribution is 0.153. The van der Waals surface area contributed by atoms with Gasteiger partial charge in [-0.15, -0.1) is 0 Å². The van der Waals surface area contributed by atoms with Crippen molar-refractivity contribution in [3.63, 3.8) is 0 Å². The largest absolute Gasteiger partial charge is 0.481 e. The van der Waals surface area contributed by atoms with Gasteiger partial charge in [-0.05, 0) is 31.2 Å². The summed E-state index contributed by atoms with van der Waals surface area (Å²) in [7, 11) is 0. The first-order valence-electron chi connectivity index (χ1n) is 5.28. The van der Waals surface area contributed by atoms with Crippen molar-refractivity contribution in [2.45, 2.75) is 19.1 Å². The number of benzene rings is 1. The summed E-state index contributed by atoms with van der Waals surface area (Å²) in [4.78, 5) is 0. The highest BCUT2D eigenvalue weighted by Crippen LogP contribution is 2.24. The summed E-state index contributed by atoms with van der Waals surface area (Å²) in [5, 5.41) is 0. The Morgan fingerprint density at radius 3 is 2.44 bits per heavy atom. The van der Waals surface area contributed by atoms with Crippen LogP contribution in [0.15, 0.2) is 53.1 Å². The van der Waals surface area contributed by atoms with Crippen LogP contribution in [0.2, 0.25) is 0 Å². The van der Waals surface area contributed by atoms with Crippen LogP contribution in [0.5, 0.6) is 5.75 Å². The van der Waals surface area contributed by atoms with Crippen molar-refractivity contribution in [1.82, 2.24) is 0 Å². The second-order valence-electron chi connectivity index (χ2n) is 3.73. The quantitative estimate of drug-likeness (QED) is 0.856. The van der Waals surface area contributed by atoms with Crippen LogP contribution in [0.1, 0.15) is 18.8 Å². The summed E-state index contributed by atoms with van der Waals surface area (Å²) in [6.07, 6.45) is 1.37. The number of ether oxygens (including phenoxy) is 1. The molecule has 0 spiro atoms. The molecular formula is C13H15NO2. The molecule has 1 aromatic heterocycles. The van der Waals surface area contributed by atoms with E-state index in [9.17, 15) is 0 Å². The third-order valence-corrected chi connectivity index (χ3v) is 2.31. The minimum atomic E-state index is -0.252. The maximum absolute atomic E-state index is 5.89. The van der Waals surface area contributed by atoms with E-state index in [-0.39, 0.29) is 12.1 Å². The highest BCUT2D eigenvalue weighted by Gasteiger charge is 2.20. The second-order valence-corrected chi connectivity index (χ2v) is 3.73. The number of para-hydroxylation sites is 1. The van der Waals surface area contributed by atoms with Crippen LogP contribution >= 0.6 is 0 Å². The maximum atomic E-state index is 5.89. The van der Waals surface area contributed by atoms with Gasteiger partial charge in [-0.1, -0.05) is 18.2 Å². The van der Waals surface area contributed by atoms with Gasteiger partial charge in [0, 0.05) is 6.04 Å². The lowest BCUT2D eigenvalue weighted by Crippen LogP contribution is -2.28. The van der Waals surface area contributed by atoms with Crippen LogP contribution in [0.4, 0.5) is 0 Å². The van der Waals surface area contributed by atoms with Crippen LogP contribution in [0.25, 0.3) is 0 Å². The predicted molar refractivity (Wildman–Crippen MR) is 62.2 cm³/mol. The Hall–Kier alpha value is -1.74. The third kappa shape index (κ3) is 2.44. The standard InChI is InChI=1S/C13H15NO2/c1-10(14)13(12-8-5-9-15-12)16-11-6-3-2-4-7-11/h2-10,13H,14H2,1H3. The van der Waals surface area contributed by atoms with Gasteiger partial charge in [0.05, 0.1) is 6.26 Å². The summed E-state index contributed by atoms with van der Waals surface area (Å²) in [5.74, 6) is 1.54. The Labute approximate surface area is 94.8 Å². The molecule has 2 unspecified atom stereocenters. The van der Waals surface area contributed by atoms with E-state index >= 15 is 0 Å². The molecule has 2 N–H and O–H groups in total. The fourth-order valence-corrected chi connectivity index (χ4v) is 1.52. The molecule has 0 saturated carbocycles. The van der Waals surface area contributed by atoms with Gasteiger partial charge < -0.3 is 14.9 Å². The molecule has 1 heterocycles. The van der Waals surface area contributed by atoms with Crippen LogP contribution in [-0.4, -0.2) is 6.04 Å². The monoisotopic (exact) mass is 217 g/mol. The fraction of sp³-hybridized carbons (Fsp3) is 0.231. The molecule has 0 aliphatic carbocycles. The lowest BCUT2D eigenvalue weighted by atomic mass is 10.1. The molecule has 0 aliphatic rings. The number of hydrogen-bond donors (Lipinski definition) is 1. The van der Waals surface area contributed by atoms with E-state index in [2.05, 4.69) is 0 Å². The van der Waals surface area contributed by atoms with Crippen LogP contribution in [-0.2, 0) is 0 Å². The van der Waals surface area contributed by atoms with Crippen molar-refractivity contribution >= 4 is 0 Å². The molecule has 16 heavy (non-hydrogen) atoms. The Balaban J connectivity index is 2.16. The van der Waals surface area contributed by atoms with Crippen molar-refractivity contribution in [1.29, 1.82) is 0 Å². The molecular weight excluding hydrogens is 202 g/mol. The van der Waals surface area contributed by atoms with E-state index in [4.69, 9.17) is 14.9 Å². The van der Waals surface area contributed by atoms with Crippen LogP contribution in [0.3, 0.4) is 0 Å². The summed E-state index contributed by atoms with van der Waals surface area (Å²) < 4.78 is 11.1. The number of nitrogens with two attached hydrogens (primary N) is 1. The van der Waals surface area contributed by atoms with Crippen molar-refractivity contribution in [2.75, 3.05) is 0 Å². The second kappa shape index (κ2) is 4.86. The first kappa shape index (κ1) is 10.8. The van der Waals surface area contributed by atoms with E-state index in [1.54, 1.807) is 6.26 Å². The molecule has 84 valence electrons. The van der Waals surface area contributed by atoms with Gasteiger partial charge in [0.1, 0.15) is 11.5 Å². The molecule has 0 saturated heterocycles. The van der Waals surface area contributed by atoms with Gasteiger partial charge in [0.2, 0.25) is 0 Å². The predicted octanol–water partition coefficient (Wildman–Crippen LogP) is 2.75. The smallest absolute Gasteiger partial charge is 0.171 e. The van der Waals surface area contributed by atoms with E-state index in [0.29, 0.717) is 0 Å². The molecule has 2 rings (SSSR count). The first-order chi connectivity index (χ1) is 7.77. The zero-order valence-corrected chi connectivity index (χ0v) is 9.17. The van der Waals surface area contributed by atoms with Crippen molar-refractivity contribution in [2.24, 2.45) is 5.73 Å². The molecule has 3 heteroatoms. The average molecular weight is 217 g/mol. The van der Waals surface area contributed by atoms with Gasteiger partial charge >= 0.3 is 0 Å². The summed E-state index contributed by atoms with van der Waals surface area (Å²) in [6, 6.07) is 13.2. The summed E-state index contributed by atoms with van der Waals surface area (Å²) >= 11 is 0. The number of furan rings is 1.